The van der Waals surface area contributed by atoms with Gasteiger partial charge in [-0.25, -0.2) is 4.68 Å². The van der Waals surface area contributed by atoms with Crippen LogP contribution in [0.3, 0.4) is 0 Å². The number of ether oxygens (including phenoxy) is 1. The van der Waals surface area contributed by atoms with Gasteiger partial charge in [0.05, 0.1) is 23.3 Å². The molecule has 29 heavy (non-hydrogen) atoms. The molecule has 5 aromatic rings. The predicted molar refractivity (Wildman–Crippen MR) is 118 cm³/mol. The smallest absolute Gasteiger partial charge is 0.119 e. The Hall–Kier alpha value is -3.66. The van der Waals surface area contributed by atoms with Crippen LogP contribution >= 0.6 is 0 Å². The molecule has 5 rings (SSSR count). The van der Waals surface area contributed by atoms with Gasteiger partial charge in [0.2, 0.25) is 0 Å². The van der Waals surface area contributed by atoms with Gasteiger partial charge in [0.1, 0.15) is 11.4 Å². The normalized spacial score (nSPS) is 11.2. The Balaban J connectivity index is 1.81. The monoisotopic (exact) mass is 379 g/mol. The fourth-order valence-corrected chi connectivity index (χ4v) is 3.74. The Kier molecular flexibility index (Phi) is 4.24. The van der Waals surface area contributed by atoms with Crippen molar-refractivity contribution < 1.29 is 4.74 Å². The van der Waals surface area contributed by atoms with Crippen LogP contribution in [-0.2, 0) is 0 Å². The lowest BCUT2D eigenvalue weighted by atomic mass is 10.1. The molecule has 0 unspecified atom stereocenters. The molecule has 0 bridgehead atoms. The van der Waals surface area contributed by atoms with Gasteiger partial charge < -0.3 is 4.74 Å². The summed E-state index contributed by atoms with van der Waals surface area (Å²) in [6, 6.07) is 24.7. The van der Waals surface area contributed by atoms with Crippen LogP contribution in [0, 0.1) is 6.92 Å². The van der Waals surface area contributed by atoms with E-state index in [1.54, 1.807) is 0 Å². The molecule has 2 heterocycles. The second-order valence-electron chi connectivity index (χ2n) is 7.09. The van der Waals surface area contributed by atoms with Crippen LogP contribution in [0.1, 0.15) is 12.5 Å². The van der Waals surface area contributed by atoms with Gasteiger partial charge >= 0.3 is 0 Å². The number of hydrogen-bond donors (Lipinski definition) is 0. The highest BCUT2D eigenvalue weighted by Gasteiger charge is 2.17. The van der Waals surface area contributed by atoms with E-state index in [-0.39, 0.29) is 0 Å². The minimum atomic E-state index is 0.653. The van der Waals surface area contributed by atoms with Crippen molar-refractivity contribution in [3.63, 3.8) is 0 Å². The fraction of sp³-hybridized carbons (Fsp3) is 0.120. The number of nitrogens with zero attached hydrogens (tertiary/aromatic N) is 3. The summed E-state index contributed by atoms with van der Waals surface area (Å²) >= 11 is 0. The van der Waals surface area contributed by atoms with Gasteiger partial charge in [-0.15, -0.1) is 0 Å². The van der Waals surface area contributed by atoms with Crippen molar-refractivity contribution >= 4 is 21.8 Å². The number of rotatable bonds is 4. The van der Waals surface area contributed by atoms with E-state index >= 15 is 0 Å². The SMILES string of the molecule is CCOc1ccc(-c2nn(-c3ccccc3)c3c2cnc2ccc(C)cc23)cc1. The molecule has 0 saturated carbocycles. The Morgan fingerprint density at radius 3 is 2.45 bits per heavy atom. The number of benzene rings is 3. The van der Waals surface area contributed by atoms with E-state index in [1.807, 2.05) is 48.1 Å². The van der Waals surface area contributed by atoms with Gasteiger partial charge in [-0.3, -0.25) is 4.98 Å². The summed E-state index contributed by atoms with van der Waals surface area (Å²) < 4.78 is 7.62. The molecule has 0 atom stereocenters. The molecule has 142 valence electrons. The first-order chi connectivity index (χ1) is 14.2. The summed E-state index contributed by atoms with van der Waals surface area (Å²) in [6.07, 6.45) is 1.94. The maximum absolute atomic E-state index is 5.59. The van der Waals surface area contributed by atoms with Gasteiger partial charge in [-0.05, 0) is 62.4 Å². The van der Waals surface area contributed by atoms with E-state index in [4.69, 9.17) is 14.8 Å². The van der Waals surface area contributed by atoms with E-state index in [0.717, 1.165) is 44.5 Å². The summed E-state index contributed by atoms with van der Waals surface area (Å²) in [5, 5.41) is 7.17. The third kappa shape index (κ3) is 3.03. The summed E-state index contributed by atoms with van der Waals surface area (Å²) in [5.74, 6) is 0.863. The van der Waals surface area contributed by atoms with Crippen LogP contribution in [-0.4, -0.2) is 21.4 Å². The van der Waals surface area contributed by atoms with Gasteiger partial charge in [-0.2, -0.15) is 5.10 Å². The largest absolute Gasteiger partial charge is 0.494 e. The standard InChI is InChI=1S/C25H21N3O/c1-3-29-20-12-10-18(11-13-20)24-22-16-26-23-14-9-17(2)15-21(23)25(22)28(27-24)19-7-5-4-6-8-19/h4-16H,3H2,1-2H3. The van der Waals surface area contributed by atoms with E-state index in [9.17, 15) is 0 Å². The van der Waals surface area contributed by atoms with Crippen molar-refractivity contribution in [1.29, 1.82) is 0 Å². The summed E-state index contributed by atoms with van der Waals surface area (Å²) in [6.45, 7) is 4.75. The highest BCUT2D eigenvalue weighted by Crippen LogP contribution is 2.34. The number of hydrogen-bond acceptors (Lipinski definition) is 3. The highest BCUT2D eigenvalue weighted by molar-refractivity contribution is 6.08. The zero-order valence-corrected chi connectivity index (χ0v) is 16.5. The molecule has 0 spiro atoms. The highest BCUT2D eigenvalue weighted by atomic mass is 16.5. The molecular weight excluding hydrogens is 358 g/mol. The summed E-state index contributed by atoms with van der Waals surface area (Å²) in [4.78, 5) is 4.71. The molecule has 2 aromatic heterocycles. The molecule has 0 radical (unpaired) electrons. The van der Waals surface area contributed by atoms with Gasteiger partial charge in [-0.1, -0.05) is 29.8 Å². The summed E-state index contributed by atoms with van der Waals surface area (Å²) in [5.41, 5.74) is 6.25. The summed E-state index contributed by atoms with van der Waals surface area (Å²) in [7, 11) is 0. The molecule has 0 saturated heterocycles. The Bertz CT molecular complexity index is 1310. The second-order valence-corrected chi connectivity index (χ2v) is 7.09. The van der Waals surface area contributed by atoms with Crippen LogP contribution in [0.4, 0.5) is 0 Å². The Morgan fingerprint density at radius 2 is 1.69 bits per heavy atom. The lowest BCUT2D eigenvalue weighted by Crippen LogP contribution is -1.97. The maximum atomic E-state index is 5.59. The van der Waals surface area contributed by atoms with Crippen molar-refractivity contribution in [3.8, 4) is 22.7 Å². The minimum Gasteiger partial charge on any atom is -0.494 e. The van der Waals surface area contributed by atoms with E-state index in [1.165, 1.54) is 5.56 Å². The van der Waals surface area contributed by atoms with Crippen molar-refractivity contribution in [1.82, 2.24) is 14.8 Å². The zero-order chi connectivity index (χ0) is 19.8. The molecule has 4 heteroatoms. The number of fused-ring (bicyclic) bond motifs is 3. The molecule has 3 aromatic carbocycles. The van der Waals surface area contributed by atoms with Gasteiger partial charge in [0, 0.05) is 22.5 Å². The maximum Gasteiger partial charge on any atom is 0.119 e. The van der Waals surface area contributed by atoms with E-state index < -0.39 is 0 Å². The number of aryl methyl sites for hydroxylation is 1. The van der Waals surface area contributed by atoms with Crippen molar-refractivity contribution in [2.75, 3.05) is 6.61 Å². The van der Waals surface area contributed by atoms with Gasteiger partial charge in [0.15, 0.2) is 0 Å². The third-order valence-electron chi connectivity index (χ3n) is 5.10. The quantitative estimate of drug-likeness (QED) is 0.387. The molecule has 0 fully saturated rings. The molecule has 0 aliphatic rings. The number of aromatic nitrogens is 3. The number of pyridine rings is 1. The van der Waals surface area contributed by atoms with Crippen molar-refractivity contribution in [2.24, 2.45) is 0 Å². The Labute approximate surface area is 169 Å². The first-order valence-electron chi connectivity index (χ1n) is 9.81. The lowest BCUT2D eigenvalue weighted by Gasteiger charge is -2.06. The van der Waals surface area contributed by atoms with Crippen LogP contribution in [0.5, 0.6) is 5.75 Å². The zero-order valence-electron chi connectivity index (χ0n) is 16.5. The van der Waals surface area contributed by atoms with E-state index in [2.05, 4.69) is 49.4 Å². The van der Waals surface area contributed by atoms with Crippen molar-refractivity contribution in [3.05, 3.63) is 84.6 Å². The Morgan fingerprint density at radius 1 is 0.897 bits per heavy atom. The minimum absolute atomic E-state index is 0.653. The van der Waals surface area contributed by atoms with Gasteiger partial charge in [0.25, 0.3) is 0 Å². The molecule has 0 N–H and O–H groups in total. The van der Waals surface area contributed by atoms with Crippen LogP contribution in [0.15, 0.2) is 79.0 Å². The molecule has 0 aliphatic heterocycles. The van der Waals surface area contributed by atoms with Crippen LogP contribution < -0.4 is 4.74 Å². The fourth-order valence-electron chi connectivity index (χ4n) is 3.74. The topological polar surface area (TPSA) is 39.9 Å². The number of para-hydroxylation sites is 1. The third-order valence-corrected chi connectivity index (χ3v) is 5.10. The van der Waals surface area contributed by atoms with E-state index in [0.29, 0.717) is 6.61 Å². The second kappa shape index (κ2) is 7.06. The van der Waals surface area contributed by atoms with Crippen LogP contribution in [0.25, 0.3) is 38.8 Å². The van der Waals surface area contributed by atoms with Crippen LogP contribution in [0.2, 0.25) is 0 Å². The molecular formula is C25H21N3O. The first kappa shape index (κ1) is 17.4. The molecule has 0 amide bonds. The lowest BCUT2D eigenvalue weighted by molar-refractivity contribution is 0.340. The molecule has 4 nitrogen and oxygen atoms in total. The molecule has 0 aliphatic carbocycles. The first-order valence-corrected chi connectivity index (χ1v) is 9.81. The predicted octanol–water partition coefficient (Wildman–Crippen LogP) is 5.95. The average Bonchev–Trinajstić information content (AvgIpc) is 3.15. The average molecular weight is 379 g/mol. The van der Waals surface area contributed by atoms with Crippen molar-refractivity contribution in [2.45, 2.75) is 13.8 Å².